The number of urea groups is 1. The van der Waals surface area contributed by atoms with Gasteiger partial charge in [0.2, 0.25) is 5.89 Å². The number of nitrogens with one attached hydrogen (secondary N) is 1. The summed E-state index contributed by atoms with van der Waals surface area (Å²) in [6.45, 7) is 2.19. The van der Waals surface area contributed by atoms with E-state index in [1.807, 2.05) is 22.4 Å². The Balaban J connectivity index is 1.28. The Hall–Kier alpha value is -1.89. The van der Waals surface area contributed by atoms with E-state index in [4.69, 9.17) is 4.52 Å². The third-order valence-corrected chi connectivity index (χ3v) is 5.57. The topological polar surface area (TPSA) is 71.3 Å². The van der Waals surface area contributed by atoms with E-state index in [2.05, 4.69) is 15.5 Å². The lowest BCUT2D eigenvalue weighted by atomic mass is 9.95. The Morgan fingerprint density at radius 1 is 1.42 bits per heavy atom. The van der Waals surface area contributed by atoms with Crippen LogP contribution in [0.25, 0.3) is 0 Å². The highest BCUT2D eigenvalue weighted by atomic mass is 32.1. The van der Waals surface area contributed by atoms with Crippen LogP contribution in [0.15, 0.2) is 22.0 Å². The number of carbonyl (C=O) groups is 1. The van der Waals surface area contributed by atoms with Crippen molar-refractivity contribution >= 4 is 17.4 Å². The summed E-state index contributed by atoms with van der Waals surface area (Å²) >= 11 is 1.66. The molecule has 1 atom stereocenters. The van der Waals surface area contributed by atoms with E-state index in [9.17, 15) is 4.79 Å². The van der Waals surface area contributed by atoms with E-state index in [0.29, 0.717) is 18.4 Å². The first kappa shape index (κ1) is 15.6. The van der Waals surface area contributed by atoms with Crippen LogP contribution in [0.5, 0.6) is 0 Å². The molecule has 1 saturated heterocycles. The molecule has 0 bridgehead atoms. The van der Waals surface area contributed by atoms with Crippen molar-refractivity contribution in [2.75, 3.05) is 13.1 Å². The third kappa shape index (κ3) is 3.77. The molecule has 2 aromatic heterocycles. The van der Waals surface area contributed by atoms with Gasteiger partial charge in [0, 0.05) is 30.3 Å². The van der Waals surface area contributed by atoms with Crippen molar-refractivity contribution in [2.24, 2.45) is 5.92 Å². The Kier molecular flexibility index (Phi) is 4.51. The van der Waals surface area contributed by atoms with Crippen LogP contribution in [0, 0.1) is 5.92 Å². The van der Waals surface area contributed by atoms with Gasteiger partial charge < -0.3 is 14.7 Å². The Morgan fingerprint density at radius 2 is 2.33 bits per heavy atom. The molecule has 0 unspecified atom stereocenters. The van der Waals surface area contributed by atoms with Crippen LogP contribution >= 0.6 is 11.3 Å². The van der Waals surface area contributed by atoms with Gasteiger partial charge in [-0.1, -0.05) is 11.2 Å². The largest absolute Gasteiger partial charge is 0.339 e. The smallest absolute Gasteiger partial charge is 0.317 e. The minimum atomic E-state index is 0.0253. The number of amides is 2. The standard InChI is InChI=1S/C17H22N4O2S/c22-17(18-10-14-4-2-8-24-14)21-7-1-3-12(11-21)9-15-19-16(20-23-15)13-5-6-13/h2,4,8,12-13H,1,3,5-7,9-11H2,(H,18,22)/t12-/m0/s1. The lowest BCUT2D eigenvalue weighted by molar-refractivity contribution is 0.161. The molecule has 7 heteroatoms. The van der Waals surface area contributed by atoms with Crippen LogP contribution in [-0.2, 0) is 13.0 Å². The highest BCUT2D eigenvalue weighted by Crippen LogP contribution is 2.38. The maximum Gasteiger partial charge on any atom is 0.317 e. The summed E-state index contributed by atoms with van der Waals surface area (Å²) in [7, 11) is 0. The van der Waals surface area contributed by atoms with E-state index in [-0.39, 0.29) is 6.03 Å². The summed E-state index contributed by atoms with van der Waals surface area (Å²) in [5.74, 6) is 2.52. The zero-order valence-electron chi connectivity index (χ0n) is 13.6. The van der Waals surface area contributed by atoms with E-state index in [1.54, 1.807) is 11.3 Å². The zero-order chi connectivity index (χ0) is 16.4. The quantitative estimate of drug-likeness (QED) is 0.903. The lowest BCUT2D eigenvalue weighted by Crippen LogP contribution is -2.45. The second kappa shape index (κ2) is 6.93. The van der Waals surface area contributed by atoms with Crippen molar-refractivity contribution in [1.29, 1.82) is 0 Å². The van der Waals surface area contributed by atoms with Gasteiger partial charge in [0.05, 0.1) is 6.54 Å². The fourth-order valence-corrected chi connectivity index (χ4v) is 3.85. The van der Waals surface area contributed by atoms with Crippen molar-refractivity contribution < 1.29 is 9.32 Å². The van der Waals surface area contributed by atoms with Gasteiger partial charge in [0.1, 0.15) is 0 Å². The van der Waals surface area contributed by atoms with Gasteiger partial charge in [-0.3, -0.25) is 0 Å². The Labute approximate surface area is 145 Å². The fourth-order valence-electron chi connectivity index (χ4n) is 3.21. The van der Waals surface area contributed by atoms with Crippen molar-refractivity contribution in [1.82, 2.24) is 20.4 Å². The maximum absolute atomic E-state index is 12.4. The first-order valence-electron chi connectivity index (χ1n) is 8.65. The molecular formula is C17H22N4O2S. The lowest BCUT2D eigenvalue weighted by Gasteiger charge is -2.32. The second-order valence-electron chi connectivity index (χ2n) is 6.72. The van der Waals surface area contributed by atoms with Gasteiger partial charge in [0.15, 0.2) is 5.82 Å². The molecule has 3 heterocycles. The highest BCUT2D eigenvalue weighted by Gasteiger charge is 2.30. The molecule has 0 radical (unpaired) electrons. The summed E-state index contributed by atoms with van der Waals surface area (Å²) in [4.78, 5) is 20.0. The average Bonchev–Trinajstić information content (AvgIpc) is 3.12. The molecule has 2 fully saturated rings. The molecule has 1 saturated carbocycles. The van der Waals surface area contributed by atoms with Gasteiger partial charge in [-0.2, -0.15) is 4.98 Å². The summed E-state index contributed by atoms with van der Waals surface area (Å²) < 4.78 is 5.38. The molecule has 0 spiro atoms. The molecule has 6 nitrogen and oxygen atoms in total. The summed E-state index contributed by atoms with van der Waals surface area (Å²) in [5.41, 5.74) is 0. The summed E-state index contributed by atoms with van der Waals surface area (Å²) in [5, 5.41) is 9.12. The van der Waals surface area contributed by atoms with Gasteiger partial charge >= 0.3 is 6.03 Å². The molecule has 1 aliphatic heterocycles. The SMILES string of the molecule is O=C(NCc1cccs1)N1CCC[C@@H](Cc2nc(C3CC3)no2)C1. The predicted molar refractivity (Wildman–Crippen MR) is 90.8 cm³/mol. The molecular weight excluding hydrogens is 324 g/mol. The first-order valence-corrected chi connectivity index (χ1v) is 9.53. The van der Waals surface area contributed by atoms with E-state index in [1.165, 1.54) is 17.7 Å². The molecule has 4 rings (SSSR count). The number of likely N-dealkylation sites (tertiary alicyclic amines) is 1. The van der Waals surface area contributed by atoms with Crippen LogP contribution < -0.4 is 5.32 Å². The minimum Gasteiger partial charge on any atom is -0.339 e. The van der Waals surface area contributed by atoms with Crippen LogP contribution in [0.3, 0.4) is 0 Å². The van der Waals surface area contributed by atoms with Crippen LogP contribution in [0.2, 0.25) is 0 Å². The normalized spacial score (nSPS) is 21.0. The molecule has 1 aliphatic carbocycles. The maximum atomic E-state index is 12.4. The van der Waals surface area contributed by atoms with Crippen molar-refractivity contribution in [3.63, 3.8) is 0 Å². The second-order valence-corrected chi connectivity index (χ2v) is 7.75. The summed E-state index contributed by atoms with van der Waals surface area (Å²) in [6.07, 6.45) is 5.27. The molecule has 128 valence electrons. The average molecular weight is 346 g/mol. The number of carbonyl (C=O) groups excluding carboxylic acids is 1. The number of rotatable bonds is 5. The third-order valence-electron chi connectivity index (χ3n) is 4.69. The molecule has 1 N–H and O–H groups in total. The predicted octanol–water partition coefficient (Wildman–Crippen LogP) is 3.17. The number of piperidine rings is 1. The number of hydrogen-bond donors (Lipinski definition) is 1. The number of hydrogen-bond acceptors (Lipinski definition) is 5. The van der Waals surface area contributed by atoms with Crippen molar-refractivity contribution in [2.45, 2.75) is 44.6 Å². The Morgan fingerprint density at radius 3 is 3.12 bits per heavy atom. The first-order chi connectivity index (χ1) is 11.8. The van der Waals surface area contributed by atoms with Crippen LogP contribution in [-0.4, -0.2) is 34.2 Å². The van der Waals surface area contributed by atoms with E-state index >= 15 is 0 Å². The Bertz CT molecular complexity index is 681. The highest BCUT2D eigenvalue weighted by molar-refractivity contribution is 7.09. The number of thiophene rings is 1. The molecule has 2 aromatic rings. The molecule has 2 amide bonds. The molecule has 24 heavy (non-hydrogen) atoms. The van der Waals surface area contributed by atoms with E-state index < -0.39 is 0 Å². The van der Waals surface area contributed by atoms with Gasteiger partial charge in [-0.05, 0) is 43.0 Å². The zero-order valence-corrected chi connectivity index (χ0v) is 14.4. The fraction of sp³-hybridized carbons (Fsp3) is 0.588. The van der Waals surface area contributed by atoms with Crippen LogP contribution in [0.4, 0.5) is 4.79 Å². The van der Waals surface area contributed by atoms with Crippen molar-refractivity contribution in [3.05, 3.63) is 34.1 Å². The van der Waals surface area contributed by atoms with Gasteiger partial charge in [0.25, 0.3) is 0 Å². The molecule has 2 aliphatic rings. The summed E-state index contributed by atoms with van der Waals surface area (Å²) in [6, 6.07) is 4.07. The van der Waals surface area contributed by atoms with Gasteiger partial charge in [-0.15, -0.1) is 11.3 Å². The van der Waals surface area contributed by atoms with Gasteiger partial charge in [-0.25, -0.2) is 4.79 Å². The van der Waals surface area contributed by atoms with E-state index in [0.717, 1.165) is 44.1 Å². The minimum absolute atomic E-state index is 0.0253. The molecule has 0 aromatic carbocycles. The monoisotopic (exact) mass is 346 g/mol. The number of nitrogens with zero attached hydrogens (tertiary/aromatic N) is 3. The van der Waals surface area contributed by atoms with Crippen molar-refractivity contribution in [3.8, 4) is 0 Å². The number of aromatic nitrogens is 2. The van der Waals surface area contributed by atoms with Crippen LogP contribution in [0.1, 0.15) is 48.2 Å².